The van der Waals surface area contributed by atoms with E-state index in [-0.39, 0.29) is 12.6 Å². The second kappa shape index (κ2) is 13.7. The molecular formula is C29H31BrO6. The molecule has 190 valence electrons. The van der Waals surface area contributed by atoms with Crippen molar-refractivity contribution < 1.29 is 28.5 Å². The van der Waals surface area contributed by atoms with E-state index in [0.29, 0.717) is 19.8 Å². The zero-order chi connectivity index (χ0) is 25.2. The average molecular weight is 555 g/mol. The van der Waals surface area contributed by atoms with Gasteiger partial charge >= 0.3 is 5.97 Å². The highest BCUT2D eigenvalue weighted by molar-refractivity contribution is 9.09. The van der Waals surface area contributed by atoms with Crippen molar-refractivity contribution in [3.63, 3.8) is 0 Å². The second-order valence-corrected chi connectivity index (χ2v) is 9.51. The highest BCUT2D eigenvalue weighted by Crippen LogP contribution is 2.33. The van der Waals surface area contributed by atoms with E-state index in [1.165, 1.54) is 6.92 Å². The fraction of sp³-hybridized carbons (Fsp3) is 0.345. The summed E-state index contributed by atoms with van der Waals surface area (Å²) in [5.41, 5.74) is 3.10. The lowest BCUT2D eigenvalue weighted by atomic mass is 9.99. The van der Waals surface area contributed by atoms with Crippen molar-refractivity contribution in [3.8, 4) is 0 Å². The van der Waals surface area contributed by atoms with Gasteiger partial charge in [-0.15, -0.1) is 0 Å². The number of esters is 1. The van der Waals surface area contributed by atoms with Crippen LogP contribution in [0.25, 0.3) is 0 Å². The van der Waals surface area contributed by atoms with Gasteiger partial charge in [0.25, 0.3) is 0 Å². The van der Waals surface area contributed by atoms with E-state index in [0.717, 1.165) is 16.7 Å². The molecule has 3 aromatic rings. The van der Waals surface area contributed by atoms with Gasteiger partial charge in [-0.3, -0.25) is 4.79 Å². The molecule has 0 amide bonds. The van der Waals surface area contributed by atoms with E-state index in [1.807, 2.05) is 91.0 Å². The van der Waals surface area contributed by atoms with Crippen LogP contribution in [0.15, 0.2) is 91.0 Å². The summed E-state index contributed by atoms with van der Waals surface area (Å²) < 4.78 is 30.8. The number of halogens is 1. The maximum absolute atomic E-state index is 11.6. The van der Waals surface area contributed by atoms with Gasteiger partial charge in [-0.25, -0.2) is 0 Å². The maximum Gasteiger partial charge on any atom is 0.302 e. The van der Waals surface area contributed by atoms with Gasteiger partial charge in [-0.1, -0.05) is 107 Å². The van der Waals surface area contributed by atoms with Crippen LogP contribution in [0, 0.1) is 0 Å². The van der Waals surface area contributed by atoms with Crippen molar-refractivity contribution >= 4 is 21.9 Å². The third-order valence-corrected chi connectivity index (χ3v) is 6.62. The molecule has 7 heteroatoms. The van der Waals surface area contributed by atoms with Gasteiger partial charge in [0.1, 0.15) is 36.0 Å². The van der Waals surface area contributed by atoms with Crippen LogP contribution < -0.4 is 0 Å². The van der Waals surface area contributed by atoms with Gasteiger partial charge in [-0.05, 0) is 16.7 Å². The van der Waals surface area contributed by atoms with Crippen LogP contribution in [-0.4, -0.2) is 42.0 Å². The van der Waals surface area contributed by atoms with Crippen molar-refractivity contribution in [1.29, 1.82) is 0 Å². The molecule has 0 saturated carbocycles. The van der Waals surface area contributed by atoms with Crippen molar-refractivity contribution in [2.45, 2.75) is 56.2 Å². The van der Waals surface area contributed by atoms with Gasteiger partial charge in [-0.2, -0.15) is 0 Å². The number of hydrogen-bond donors (Lipinski definition) is 0. The summed E-state index contributed by atoms with van der Waals surface area (Å²) >= 11 is 3.64. The lowest BCUT2D eigenvalue weighted by molar-refractivity contribution is -0.251. The first-order valence-corrected chi connectivity index (χ1v) is 12.9. The Bertz CT molecular complexity index is 1050. The Labute approximate surface area is 220 Å². The minimum absolute atomic E-state index is 0.0491. The number of carbonyl (C=O) groups is 1. The van der Waals surface area contributed by atoms with Crippen LogP contribution in [0.1, 0.15) is 23.6 Å². The average Bonchev–Trinajstić information content (AvgIpc) is 2.91. The smallest absolute Gasteiger partial charge is 0.302 e. The van der Waals surface area contributed by atoms with Crippen molar-refractivity contribution in [2.75, 3.05) is 6.61 Å². The number of hydrogen-bond acceptors (Lipinski definition) is 6. The first-order chi connectivity index (χ1) is 17.6. The molecule has 0 spiro atoms. The van der Waals surface area contributed by atoms with Crippen LogP contribution in [-0.2, 0) is 48.3 Å². The lowest BCUT2D eigenvalue weighted by Crippen LogP contribution is -2.59. The molecule has 4 rings (SSSR count). The predicted octanol–water partition coefficient (Wildman–Crippen LogP) is 5.43. The van der Waals surface area contributed by atoms with Crippen LogP contribution in [0.2, 0.25) is 0 Å². The molecule has 0 N–H and O–H groups in total. The standard InChI is InChI=1S/C29H31BrO6/c1-21(31)32-20-25-26(33-17-22-11-5-2-6-12-22)27(34-18-23-13-7-3-8-14-23)28(29(30)36-25)35-19-24-15-9-4-10-16-24/h2-16,25-29H,17-20H2,1H3/t25-,26-,27+,28+,29+/m1/s1. The molecule has 0 aliphatic carbocycles. The zero-order valence-electron chi connectivity index (χ0n) is 20.2. The molecule has 0 unspecified atom stereocenters. The number of rotatable bonds is 11. The number of benzene rings is 3. The SMILES string of the molecule is CC(=O)OC[C@H]1O[C@H](Br)[C@@H](OCc2ccccc2)[C@@H](OCc2ccccc2)[C@@H]1OCc1ccccc1. The van der Waals surface area contributed by atoms with E-state index in [9.17, 15) is 4.79 Å². The molecule has 3 aromatic carbocycles. The summed E-state index contributed by atoms with van der Waals surface area (Å²) in [6.07, 6.45) is -2.04. The largest absolute Gasteiger partial charge is 0.463 e. The summed E-state index contributed by atoms with van der Waals surface area (Å²) in [6.45, 7) is 2.55. The topological polar surface area (TPSA) is 63.2 Å². The van der Waals surface area contributed by atoms with E-state index in [2.05, 4.69) is 15.9 Å². The minimum atomic E-state index is -0.542. The fourth-order valence-corrected chi connectivity index (χ4v) is 4.80. The molecule has 1 heterocycles. The minimum Gasteiger partial charge on any atom is -0.463 e. The summed E-state index contributed by atoms with van der Waals surface area (Å²) in [6, 6.07) is 29.8. The molecule has 1 aliphatic rings. The Hall–Kier alpha value is -2.55. The van der Waals surface area contributed by atoms with E-state index in [1.54, 1.807) is 0 Å². The maximum atomic E-state index is 11.6. The van der Waals surface area contributed by atoms with Crippen LogP contribution in [0.5, 0.6) is 0 Å². The van der Waals surface area contributed by atoms with Crippen molar-refractivity contribution in [1.82, 2.24) is 0 Å². The van der Waals surface area contributed by atoms with Crippen LogP contribution in [0.4, 0.5) is 0 Å². The monoisotopic (exact) mass is 554 g/mol. The molecule has 6 nitrogen and oxygen atoms in total. The normalized spacial score (nSPS) is 23.8. The quantitative estimate of drug-likeness (QED) is 0.233. The summed E-state index contributed by atoms with van der Waals surface area (Å²) in [5, 5.41) is -0.487. The lowest BCUT2D eigenvalue weighted by Gasteiger charge is -2.44. The zero-order valence-corrected chi connectivity index (χ0v) is 21.8. The van der Waals surface area contributed by atoms with Gasteiger partial charge in [0.2, 0.25) is 0 Å². The molecule has 0 bridgehead atoms. The van der Waals surface area contributed by atoms with Crippen molar-refractivity contribution in [3.05, 3.63) is 108 Å². The van der Waals surface area contributed by atoms with E-state index in [4.69, 9.17) is 23.7 Å². The second-order valence-electron chi connectivity index (χ2n) is 8.61. The molecular weight excluding hydrogens is 524 g/mol. The van der Waals surface area contributed by atoms with Crippen molar-refractivity contribution in [2.24, 2.45) is 0 Å². The first kappa shape index (κ1) is 26.5. The first-order valence-electron chi connectivity index (χ1n) is 12.0. The summed E-state index contributed by atoms with van der Waals surface area (Å²) in [4.78, 5) is 11.6. The van der Waals surface area contributed by atoms with Gasteiger partial charge in [0.05, 0.1) is 19.8 Å². The highest BCUT2D eigenvalue weighted by atomic mass is 79.9. The molecule has 1 aliphatic heterocycles. The van der Waals surface area contributed by atoms with Crippen LogP contribution >= 0.6 is 15.9 Å². The van der Waals surface area contributed by atoms with Crippen LogP contribution in [0.3, 0.4) is 0 Å². The van der Waals surface area contributed by atoms with Gasteiger partial charge in [0, 0.05) is 6.92 Å². The highest BCUT2D eigenvalue weighted by Gasteiger charge is 2.48. The number of carbonyl (C=O) groups excluding carboxylic acids is 1. The van der Waals surface area contributed by atoms with Gasteiger partial charge in [0.15, 0.2) is 0 Å². The molecule has 36 heavy (non-hydrogen) atoms. The number of alkyl halides is 1. The predicted molar refractivity (Wildman–Crippen MR) is 139 cm³/mol. The Morgan fingerprint density at radius 1 is 0.694 bits per heavy atom. The molecule has 1 fully saturated rings. The third kappa shape index (κ3) is 7.72. The Kier molecular flexibility index (Phi) is 10.1. The van der Waals surface area contributed by atoms with E-state index >= 15 is 0 Å². The van der Waals surface area contributed by atoms with Gasteiger partial charge < -0.3 is 23.7 Å². The summed E-state index contributed by atoms with van der Waals surface area (Å²) in [7, 11) is 0. The Morgan fingerprint density at radius 2 is 1.11 bits per heavy atom. The van der Waals surface area contributed by atoms with E-state index < -0.39 is 29.4 Å². The number of ether oxygens (including phenoxy) is 5. The molecule has 5 atom stereocenters. The summed E-state index contributed by atoms with van der Waals surface area (Å²) in [5.74, 6) is -0.379. The molecule has 1 saturated heterocycles. The fourth-order valence-electron chi connectivity index (χ4n) is 4.07. The molecule has 0 aromatic heterocycles. The Morgan fingerprint density at radius 3 is 1.56 bits per heavy atom. The molecule has 0 radical (unpaired) electrons. The third-order valence-electron chi connectivity index (χ3n) is 5.88. The Balaban J connectivity index is 1.57.